The van der Waals surface area contributed by atoms with Crippen molar-refractivity contribution in [1.82, 2.24) is 4.90 Å². The van der Waals surface area contributed by atoms with Gasteiger partial charge in [-0.3, -0.25) is 0 Å². The van der Waals surface area contributed by atoms with E-state index in [1.54, 1.807) is 7.11 Å². The first kappa shape index (κ1) is 12.6. The van der Waals surface area contributed by atoms with E-state index in [0.29, 0.717) is 12.5 Å². The van der Waals surface area contributed by atoms with Crippen molar-refractivity contribution in [3.05, 3.63) is 35.9 Å². The summed E-state index contributed by atoms with van der Waals surface area (Å²) < 4.78 is 4.91. The van der Waals surface area contributed by atoms with Crippen LogP contribution in [0.5, 0.6) is 0 Å². The number of aliphatic hydroxyl groups excluding tert-OH is 1. The predicted octanol–water partition coefficient (Wildman–Crippen LogP) is 1.48. The predicted molar refractivity (Wildman–Crippen MR) is 68.1 cm³/mol. The molecule has 1 unspecified atom stereocenters. The molecule has 3 heteroatoms. The highest BCUT2D eigenvalue weighted by Crippen LogP contribution is 2.26. The maximum Gasteiger partial charge on any atom is 0.0785 e. The van der Waals surface area contributed by atoms with Crippen LogP contribution < -0.4 is 0 Å². The summed E-state index contributed by atoms with van der Waals surface area (Å²) in [6.07, 6.45) is 0.478. The van der Waals surface area contributed by atoms with Gasteiger partial charge in [-0.15, -0.1) is 0 Å². The number of nitrogens with zero attached hydrogens (tertiary/aromatic N) is 1. The highest BCUT2D eigenvalue weighted by atomic mass is 16.5. The van der Waals surface area contributed by atoms with E-state index in [-0.39, 0.29) is 6.10 Å². The summed E-state index contributed by atoms with van der Waals surface area (Å²) in [4.78, 5) is 2.39. The zero-order valence-electron chi connectivity index (χ0n) is 10.4. The molecule has 0 radical (unpaired) electrons. The van der Waals surface area contributed by atoms with Crippen molar-refractivity contribution in [2.45, 2.75) is 18.4 Å². The summed E-state index contributed by atoms with van der Waals surface area (Å²) in [7, 11) is 1.62. The second kappa shape index (κ2) is 6.15. The number of methoxy groups -OCH3 is 1. The van der Waals surface area contributed by atoms with Gasteiger partial charge in [-0.1, -0.05) is 30.3 Å². The van der Waals surface area contributed by atoms with Crippen LogP contribution in [0.1, 0.15) is 17.9 Å². The molecule has 0 spiro atoms. The van der Waals surface area contributed by atoms with Crippen molar-refractivity contribution in [3.8, 4) is 0 Å². The lowest BCUT2D eigenvalue weighted by Crippen LogP contribution is -2.46. The maximum atomic E-state index is 9.55. The number of rotatable bonds is 6. The van der Waals surface area contributed by atoms with Gasteiger partial charge in [0.05, 0.1) is 12.7 Å². The van der Waals surface area contributed by atoms with E-state index in [9.17, 15) is 5.11 Å². The maximum absolute atomic E-state index is 9.55. The second-order valence-electron chi connectivity index (χ2n) is 4.77. The summed E-state index contributed by atoms with van der Waals surface area (Å²) in [5.41, 5.74) is 1.43. The zero-order chi connectivity index (χ0) is 12.1. The third-order valence-corrected chi connectivity index (χ3v) is 3.37. The van der Waals surface area contributed by atoms with E-state index in [2.05, 4.69) is 35.2 Å². The SMILES string of the molecule is COCC(O)CCN1CC(c2ccccc2)C1. The van der Waals surface area contributed by atoms with Gasteiger partial charge in [0.25, 0.3) is 0 Å². The third kappa shape index (κ3) is 3.53. The summed E-state index contributed by atoms with van der Waals surface area (Å²) in [5.74, 6) is 0.677. The van der Waals surface area contributed by atoms with Gasteiger partial charge in [0.1, 0.15) is 0 Å². The molecule has 2 rings (SSSR count). The first-order valence-corrected chi connectivity index (χ1v) is 6.24. The molecule has 0 bridgehead atoms. The Morgan fingerprint density at radius 1 is 1.35 bits per heavy atom. The summed E-state index contributed by atoms with van der Waals surface area (Å²) >= 11 is 0. The van der Waals surface area contributed by atoms with Crippen LogP contribution in [0.25, 0.3) is 0 Å². The van der Waals surface area contributed by atoms with Crippen LogP contribution in [-0.4, -0.2) is 49.5 Å². The Morgan fingerprint density at radius 2 is 2.06 bits per heavy atom. The monoisotopic (exact) mass is 235 g/mol. The number of hydrogen-bond donors (Lipinski definition) is 1. The van der Waals surface area contributed by atoms with E-state index in [4.69, 9.17) is 4.74 Å². The van der Waals surface area contributed by atoms with Crippen LogP contribution in [0.15, 0.2) is 30.3 Å². The van der Waals surface area contributed by atoms with E-state index in [1.807, 2.05) is 0 Å². The zero-order valence-corrected chi connectivity index (χ0v) is 10.4. The van der Waals surface area contributed by atoms with Crippen LogP contribution in [0.4, 0.5) is 0 Å². The molecule has 1 fully saturated rings. The number of benzene rings is 1. The largest absolute Gasteiger partial charge is 0.391 e. The molecule has 1 saturated heterocycles. The summed E-state index contributed by atoms with van der Waals surface area (Å²) in [6.45, 7) is 3.64. The lowest BCUT2D eigenvalue weighted by Gasteiger charge is -2.40. The van der Waals surface area contributed by atoms with Crippen molar-refractivity contribution in [2.75, 3.05) is 33.4 Å². The topological polar surface area (TPSA) is 32.7 Å². The minimum Gasteiger partial charge on any atom is -0.391 e. The molecular formula is C14H21NO2. The molecule has 0 aromatic heterocycles. The Morgan fingerprint density at radius 3 is 2.71 bits per heavy atom. The molecule has 94 valence electrons. The molecule has 0 amide bonds. The van der Waals surface area contributed by atoms with Crippen molar-refractivity contribution in [1.29, 1.82) is 0 Å². The van der Waals surface area contributed by atoms with Crippen molar-refractivity contribution in [3.63, 3.8) is 0 Å². The van der Waals surface area contributed by atoms with Gasteiger partial charge in [-0.05, 0) is 12.0 Å². The van der Waals surface area contributed by atoms with Crippen LogP contribution in [0.2, 0.25) is 0 Å². The molecule has 17 heavy (non-hydrogen) atoms. The van der Waals surface area contributed by atoms with Crippen LogP contribution in [-0.2, 0) is 4.74 Å². The standard InChI is InChI=1S/C14H21NO2/c1-17-11-14(16)7-8-15-9-13(10-15)12-5-3-2-4-6-12/h2-6,13-14,16H,7-11H2,1H3. The van der Waals surface area contributed by atoms with Gasteiger partial charge in [0, 0.05) is 32.7 Å². The number of hydrogen-bond acceptors (Lipinski definition) is 3. The van der Waals surface area contributed by atoms with Gasteiger partial charge >= 0.3 is 0 Å². The Kier molecular flexibility index (Phi) is 4.54. The van der Waals surface area contributed by atoms with Crippen LogP contribution in [0, 0.1) is 0 Å². The molecule has 1 aliphatic heterocycles. The number of ether oxygens (including phenoxy) is 1. The van der Waals surface area contributed by atoms with Gasteiger partial charge in [-0.25, -0.2) is 0 Å². The molecule has 1 N–H and O–H groups in total. The second-order valence-corrected chi connectivity index (χ2v) is 4.77. The summed E-state index contributed by atoms with van der Waals surface area (Å²) in [5, 5.41) is 9.55. The Bertz CT molecular complexity index is 322. The van der Waals surface area contributed by atoms with Crippen molar-refractivity contribution in [2.24, 2.45) is 0 Å². The van der Waals surface area contributed by atoms with Gasteiger partial charge < -0.3 is 14.7 Å². The van der Waals surface area contributed by atoms with E-state index < -0.39 is 0 Å². The molecule has 1 atom stereocenters. The molecular weight excluding hydrogens is 214 g/mol. The molecule has 1 heterocycles. The van der Waals surface area contributed by atoms with Gasteiger partial charge in [-0.2, -0.15) is 0 Å². The lowest BCUT2D eigenvalue weighted by molar-refractivity contribution is 0.0422. The fourth-order valence-electron chi connectivity index (χ4n) is 2.30. The minimum atomic E-state index is -0.323. The fourth-order valence-corrected chi connectivity index (χ4v) is 2.30. The lowest BCUT2D eigenvalue weighted by atomic mass is 9.91. The van der Waals surface area contributed by atoms with Crippen molar-refractivity contribution >= 4 is 0 Å². The molecule has 0 saturated carbocycles. The first-order chi connectivity index (χ1) is 8.29. The molecule has 1 aromatic carbocycles. The van der Waals surface area contributed by atoms with Crippen LogP contribution in [0.3, 0.4) is 0 Å². The number of likely N-dealkylation sites (tertiary alicyclic amines) is 1. The van der Waals surface area contributed by atoms with E-state index >= 15 is 0 Å². The Balaban J connectivity index is 1.66. The third-order valence-electron chi connectivity index (χ3n) is 3.37. The van der Waals surface area contributed by atoms with Crippen molar-refractivity contribution < 1.29 is 9.84 Å². The minimum absolute atomic E-state index is 0.323. The van der Waals surface area contributed by atoms with Crippen LogP contribution >= 0.6 is 0 Å². The average molecular weight is 235 g/mol. The Labute approximate surface area is 103 Å². The Hall–Kier alpha value is -0.900. The van der Waals surface area contributed by atoms with Gasteiger partial charge in [0.2, 0.25) is 0 Å². The van der Waals surface area contributed by atoms with E-state index in [1.165, 1.54) is 5.56 Å². The molecule has 0 aliphatic carbocycles. The van der Waals surface area contributed by atoms with Gasteiger partial charge in [0.15, 0.2) is 0 Å². The van der Waals surface area contributed by atoms with E-state index in [0.717, 1.165) is 26.1 Å². The highest BCUT2D eigenvalue weighted by molar-refractivity contribution is 5.22. The quantitative estimate of drug-likeness (QED) is 0.810. The summed E-state index contributed by atoms with van der Waals surface area (Å²) in [6, 6.07) is 10.6. The first-order valence-electron chi connectivity index (χ1n) is 6.24. The molecule has 3 nitrogen and oxygen atoms in total. The molecule has 1 aromatic rings. The fraction of sp³-hybridized carbons (Fsp3) is 0.571. The highest BCUT2D eigenvalue weighted by Gasteiger charge is 2.27. The molecule has 1 aliphatic rings. The number of aliphatic hydroxyl groups is 1. The normalized spacial score (nSPS) is 18.9. The average Bonchev–Trinajstić information content (AvgIpc) is 2.28. The smallest absolute Gasteiger partial charge is 0.0785 e.